The maximum absolute atomic E-state index is 12.4. The van der Waals surface area contributed by atoms with E-state index in [0.717, 1.165) is 19.6 Å². The second kappa shape index (κ2) is 8.76. The molecule has 1 unspecified atom stereocenters. The third-order valence-corrected chi connectivity index (χ3v) is 4.66. The molecule has 1 amide bonds. The zero-order valence-electron chi connectivity index (χ0n) is 15.2. The molecule has 3 rings (SSSR count). The van der Waals surface area contributed by atoms with Crippen LogP contribution in [0.25, 0.3) is 5.69 Å². The summed E-state index contributed by atoms with van der Waals surface area (Å²) in [6.07, 6.45) is 3.86. The van der Waals surface area contributed by atoms with Crippen LogP contribution in [0.2, 0.25) is 0 Å². The van der Waals surface area contributed by atoms with Crippen molar-refractivity contribution in [2.24, 2.45) is 5.92 Å². The van der Waals surface area contributed by atoms with Crippen molar-refractivity contribution >= 4 is 5.91 Å². The number of likely N-dealkylation sites (tertiary alicyclic amines) is 1. The summed E-state index contributed by atoms with van der Waals surface area (Å²) in [7, 11) is 0. The number of carbonyl (C=O) groups excluding carboxylic acids is 1. The molecule has 1 aliphatic heterocycles. The van der Waals surface area contributed by atoms with Crippen LogP contribution in [0.4, 0.5) is 0 Å². The number of hydrogen-bond donors (Lipinski definition) is 1. The van der Waals surface area contributed by atoms with Crippen molar-refractivity contribution < 1.29 is 4.79 Å². The van der Waals surface area contributed by atoms with Crippen molar-refractivity contribution in [2.45, 2.75) is 26.2 Å². The van der Waals surface area contributed by atoms with Gasteiger partial charge < -0.3 is 10.2 Å². The zero-order valence-corrected chi connectivity index (χ0v) is 15.2. The van der Waals surface area contributed by atoms with E-state index in [0.29, 0.717) is 18.2 Å². The monoisotopic (exact) mass is 354 g/mol. The van der Waals surface area contributed by atoms with Crippen LogP contribution < -0.4 is 10.9 Å². The van der Waals surface area contributed by atoms with Crippen LogP contribution in [0.1, 0.15) is 36.7 Å². The molecule has 0 bridgehead atoms. The van der Waals surface area contributed by atoms with Gasteiger partial charge in [-0.3, -0.25) is 9.59 Å². The number of benzene rings is 1. The number of hydrogen-bond acceptors (Lipinski definition) is 4. The molecule has 1 aliphatic rings. The molecule has 6 nitrogen and oxygen atoms in total. The van der Waals surface area contributed by atoms with Crippen molar-refractivity contribution in [1.29, 1.82) is 0 Å². The number of piperidine rings is 1. The van der Waals surface area contributed by atoms with E-state index < -0.39 is 0 Å². The minimum absolute atomic E-state index is 0.249. The molecule has 0 aliphatic carbocycles. The van der Waals surface area contributed by atoms with Gasteiger partial charge in [0, 0.05) is 19.2 Å². The van der Waals surface area contributed by atoms with E-state index in [1.807, 2.05) is 18.2 Å². The summed E-state index contributed by atoms with van der Waals surface area (Å²) in [5.74, 6) is 0.122. The first-order valence-electron chi connectivity index (χ1n) is 9.30. The Morgan fingerprint density at radius 1 is 1.12 bits per heavy atom. The Hall–Kier alpha value is -2.47. The van der Waals surface area contributed by atoms with Crippen LogP contribution in [0.15, 0.2) is 47.3 Å². The van der Waals surface area contributed by atoms with Crippen LogP contribution in [0.5, 0.6) is 0 Å². The molecule has 2 aromatic rings. The lowest BCUT2D eigenvalue weighted by atomic mass is 10.1. The third-order valence-electron chi connectivity index (χ3n) is 4.66. The first kappa shape index (κ1) is 18.3. The van der Waals surface area contributed by atoms with Gasteiger partial charge in [0.1, 0.15) is 5.69 Å². The summed E-state index contributed by atoms with van der Waals surface area (Å²) in [5, 5.41) is 7.16. The van der Waals surface area contributed by atoms with Crippen LogP contribution >= 0.6 is 0 Å². The molecule has 26 heavy (non-hydrogen) atoms. The van der Waals surface area contributed by atoms with Crippen molar-refractivity contribution in [3.63, 3.8) is 0 Å². The Labute approximate surface area is 153 Å². The van der Waals surface area contributed by atoms with Crippen LogP contribution in [0, 0.1) is 5.92 Å². The van der Waals surface area contributed by atoms with E-state index in [2.05, 4.69) is 22.2 Å². The molecule has 1 aromatic heterocycles. The number of aromatic nitrogens is 2. The molecule has 1 atom stereocenters. The second-order valence-corrected chi connectivity index (χ2v) is 6.98. The molecule has 0 saturated carbocycles. The molecule has 6 heteroatoms. The molecular weight excluding hydrogens is 328 g/mol. The van der Waals surface area contributed by atoms with Crippen molar-refractivity contribution in [2.75, 3.05) is 26.2 Å². The summed E-state index contributed by atoms with van der Waals surface area (Å²) < 4.78 is 1.26. The van der Waals surface area contributed by atoms with Gasteiger partial charge in [-0.1, -0.05) is 31.5 Å². The number of nitrogens with one attached hydrogen (secondary N) is 1. The summed E-state index contributed by atoms with van der Waals surface area (Å²) in [6, 6.07) is 12.0. The molecule has 1 saturated heterocycles. The van der Waals surface area contributed by atoms with Crippen molar-refractivity contribution in [3.8, 4) is 5.69 Å². The largest absolute Gasteiger partial charge is 0.350 e. The van der Waals surface area contributed by atoms with E-state index in [9.17, 15) is 9.59 Å². The van der Waals surface area contributed by atoms with Gasteiger partial charge in [0.25, 0.3) is 11.5 Å². The molecule has 2 heterocycles. The zero-order chi connectivity index (χ0) is 18.4. The quantitative estimate of drug-likeness (QED) is 0.862. The van der Waals surface area contributed by atoms with E-state index in [-0.39, 0.29) is 17.2 Å². The van der Waals surface area contributed by atoms with Gasteiger partial charge in [-0.05, 0) is 50.0 Å². The lowest BCUT2D eigenvalue weighted by molar-refractivity contribution is 0.0936. The van der Waals surface area contributed by atoms with Crippen molar-refractivity contribution in [1.82, 2.24) is 20.0 Å². The summed E-state index contributed by atoms with van der Waals surface area (Å²) in [4.78, 5) is 26.9. The molecule has 0 radical (unpaired) electrons. The highest BCUT2D eigenvalue weighted by molar-refractivity contribution is 5.92. The smallest absolute Gasteiger partial charge is 0.271 e. The molecule has 0 spiro atoms. The third kappa shape index (κ3) is 4.79. The van der Waals surface area contributed by atoms with Crippen LogP contribution in [0.3, 0.4) is 0 Å². The summed E-state index contributed by atoms with van der Waals surface area (Å²) >= 11 is 0. The van der Waals surface area contributed by atoms with E-state index in [1.165, 1.54) is 36.1 Å². The van der Waals surface area contributed by atoms with Crippen LogP contribution in [-0.4, -0.2) is 46.8 Å². The summed E-state index contributed by atoms with van der Waals surface area (Å²) in [5.41, 5.74) is 0.635. The highest BCUT2D eigenvalue weighted by atomic mass is 16.2. The average molecular weight is 354 g/mol. The average Bonchev–Trinajstić information content (AvgIpc) is 2.68. The molecule has 138 valence electrons. The number of amides is 1. The van der Waals surface area contributed by atoms with Crippen molar-refractivity contribution in [3.05, 3.63) is 58.5 Å². The first-order chi connectivity index (χ1) is 12.6. The standard InChI is InChI=1S/C20H26N4O2/c1-16(15-23-12-6-3-7-13-23)14-21-20(26)18-10-11-19(25)24(22-18)17-8-4-2-5-9-17/h2,4-5,8-11,16H,3,6-7,12-15H2,1H3,(H,21,26). The Bertz CT molecular complexity index is 782. The molecular formula is C20H26N4O2. The van der Waals surface area contributed by atoms with E-state index >= 15 is 0 Å². The fraction of sp³-hybridized carbons (Fsp3) is 0.450. The Morgan fingerprint density at radius 3 is 2.58 bits per heavy atom. The minimum Gasteiger partial charge on any atom is -0.350 e. The Kier molecular flexibility index (Phi) is 6.17. The predicted molar refractivity (Wildman–Crippen MR) is 102 cm³/mol. The van der Waals surface area contributed by atoms with Gasteiger partial charge in [0.05, 0.1) is 5.69 Å². The molecule has 1 N–H and O–H groups in total. The Morgan fingerprint density at radius 2 is 1.85 bits per heavy atom. The normalized spacial score (nSPS) is 16.2. The molecule has 1 aromatic carbocycles. The van der Waals surface area contributed by atoms with Gasteiger partial charge in [-0.25, -0.2) is 0 Å². The van der Waals surface area contributed by atoms with Gasteiger partial charge in [-0.2, -0.15) is 9.78 Å². The Balaban J connectivity index is 1.60. The lowest BCUT2D eigenvalue weighted by Crippen LogP contribution is -2.38. The minimum atomic E-state index is -0.258. The van der Waals surface area contributed by atoms with Gasteiger partial charge in [0.2, 0.25) is 0 Å². The second-order valence-electron chi connectivity index (χ2n) is 6.98. The maximum Gasteiger partial charge on any atom is 0.271 e. The van der Waals surface area contributed by atoms with Gasteiger partial charge in [0.15, 0.2) is 0 Å². The summed E-state index contributed by atoms with van der Waals surface area (Å²) in [6.45, 7) is 6.05. The highest BCUT2D eigenvalue weighted by Crippen LogP contribution is 2.10. The maximum atomic E-state index is 12.4. The predicted octanol–water partition coefficient (Wildman–Crippen LogP) is 2.08. The SMILES string of the molecule is CC(CNC(=O)c1ccc(=O)n(-c2ccccc2)n1)CN1CCCCC1. The van der Waals surface area contributed by atoms with Gasteiger partial charge in [-0.15, -0.1) is 0 Å². The fourth-order valence-corrected chi connectivity index (χ4v) is 3.29. The van der Waals surface area contributed by atoms with Gasteiger partial charge >= 0.3 is 0 Å². The number of nitrogens with zero attached hydrogens (tertiary/aromatic N) is 3. The van der Waals surface area contributed by atoms with Crippen LogP contribution in [-0.2, 0) is 0 Å². The fourth-order valence-electron chi connectivity index (χ4n) is 3.29. The van der Waals surface area contributed by atoms with E-state index in [1.54, 1.807) is 12.1 Å². The topological polar surface area (TPSA) is 67.2 Å². The number of rotatable bonds is 6. The van der Waals surface area contributed by atoms with E-state index in [4.69, 9.17) is 0 Å². The number of para-hydroxylation sites is 1. The number of carbonyl (C=O) groups is 1. The molecule has 1 fully saturated rings. The highest BCUT2D eigenvalue weighted by Gasteiger charge is 2.15. The lowest BCUT2D eigenvalue weighted by Gasteiger charge is -2.29. The first-order valence-corrected chi connectivity index (χ1v) is 9.30.